The number of benzene rings is 1. The van der Waals surface area contributed by atoms with Crippen LogP contribution in [0, 0.1) is 0 Å². The van der Waals surface area contributed by atoms with Crippen molar-refractivity contribution in [3.63, 3.8) is 0 Å². The summed E-state index contributed by atoms with van der Waals surface area (Å²) in [5, 5.41) is 3.11. The van der Waals surface area contributed by atoms with Gasteiger partial charge in [0.15, 0.2) is 0 Å². The highest BCUT2D eigenvalue weighted by Gasteiger charge is 2.13. The molecule has 4 nitrogen and oxygen atoms in total. The molecular weight excluding hydrogens is 204 g/mol. The quantitative estimate of drug-likeness (QED) is 0.694. The first-order valence-electron chi connectivity index (χ1n) is 5.41. The number of hydrogen-bond donors (Lipinski definition) is 2. The molecule has 4 heteroatoms. The molecule has 0 aromatic heterocycles. The van der Waals surface area contributed by atoms with Gasteiger partial charge < -0.3 is 15.8 Å². The van der Waals surface area contributed by atoms with Crippen LogP contribution >= 0.6 is 0 Å². The molecule has 0 fully saturated rings. The minimum Gasteiger partial charge on any atom is -0.465 e. The lowest BCUT2D eigenvalue weighted by Crippen LogP contribution is -2.41. The van der Waals surface area contributed by atoms with Gasteiger partial charge in [0.25, 0.3) is 0 Å². The average Bonchev–Trinajstić information content (AvgIpc) is 2.30. The van der Waals surface area contributed by atoms with Crippen LogP contribution in [-0.4, -0.2) is 25.2 Å². The molecule has 1 unspecified atom stereocenters. The molecule has 0 radical (unpaired) electrons. The molecule has 0 saturated carbocycles. The molecule has 16 heavy (non-hydrogen) atoms. The van der Waals surface area contributed by atoms with Crippen molar-refractivity contribution >= 4 is 5.97 Å². The average molecular weight is 222 g/mol. The molecule has 0 spiro atoms. The van der Waals surface area contributed by atoms with Crippen molar-refractivity contribution in [3.8, 4) is 0 Å². The zero-order valence-corrected chi connectivity index (χ0v) is 9.48. The van der Waals surface area contributed by atoms with E-state index in [-0.39, 0.29) is 5.97 Å². The number of ether oxygens (including phenoxy) is 1. The second-order valence-electron chi connectivity index (χ2n) is 3.48. The highest BCUT2D eigenvalue weighted by molar-refractivity contribution is 5.75. The largest absolute Gasteiger partial charge is 0.465 e. The topological polar surface area (TPSA) is 64.3 Å². The van der Waals surface area contributed by atoms with E-state index in [9.17, 15) is 4.79 Å². The van der Waals surface area contributed by atoms with Crippen molar-refractivity contribution < 1.29 is 9.53 Å². The van der Waals surface area contributed by atoms with Crippen molar-refractivity contribution in [2.45, 2.75) is 19.5 Å². The third-order valence-electron chi connectivity index (χ3n) is 2.13. The van der Waals surface area contributed by atoms with Crippen molar-refractivity contribution in [1.29, 1.82) is 0 Å². The Bertz CT molecular complexity index is 314. The molecule has 0 saturated heterocycles. The summed E-state index contributed by atoms with van der Waals surface area (Å²) in [6.45, 7) is 3.26. The molecule has 0 bridgehead atoms. The van der Waals surface area contributed by atoms with Crippen molar-refractivity contribution in [1.82, 2.24) is 5.32 Å². The van der Waals surface area contributed by atoms with Crippen LogP contribution in [0.25, 0.3) is 0 Å². The predicted octanol–water partition coefficient (Wildman–Crippen LogP) is 0.667. The Morgan fingerprint density at radius 1 is 1.44 bits per heavy atom. The van der Waals surface area contributed by atoms with Crippen LogP contribution in [0.1, 0.15) is 12.5 Å². The van der Waals surface area contributed by atoms with Gasteiger partial charge in [-0.3, -0.25) is 4.79 Å². The maximum atomic E-state index is 11.2. The van der Waals surface area contributed by atoms with Crippen molar-refractivity contribution in [2.24, 2.45) is 5.73 Å². The van der Waals surface area contributed by atoms with E-state index in [2.05, 4.69) is 5.32 Å². The maximum absolute atomic E-state index is 11.2. The van der Waals surface area contributed by atoms with E-state index in [1.54, 1.807) is 6.92 Å². The van der Waals surface area contributed by atoms with Gasteiger partial charge >= 0.3 is 5.97 Å². The minimum atomic E-state index is -0.594. The van der Waals surface area contributed by atoms with E-state index < -0.39 is 6.04 Å². The molecule has 88 valence electrons. The molecular formula is C12H18N2O2. The van der Waals surface area contributed by atoms with Gasteiger partial charge in [-0.15, -0.1) is 0 Å². The monoisotopic (exact) mass is 222 g/mol. The van der Waals surface area contributed by atoms with Crippen molar-refractivity contribution in [2.75, 3.05) is 13.2 Å². The Morgan fingerprint density at radius 2 is 2.12 bits per heavy atom. The van der Waals surface area contributed by atoms with E-state index in [0.717, 1.165) is 0 Å². The standard InChI is InChI=1S/C12H18N2O2/c1-2-16-12(15)11(13)9-14-8-10-6-4-3-5-7-10/h3-7,11,14H,2,8-9,13H2,1H3. The smallest absolute Gasteiger partial charge is 0.324 e. The fraction of sp³-hybridized carbons (Fsp3) is 0.417. The number of nitrogens with one attached hydrogen (secondary N) is 1. The van der Waals surface area contributed by atoms with Crippen LogP contribution < -0.4 is 11.1 Å². The van der Waals surface area contributed by atoms with E-state index in [4.69, 9.17) is 10.5 Å². The summed E-state index contributed by atoms with van der Waals surface area (Å²) in [5.74, 6) is -0.358. The Morgan fingerprint density at radius 3 is 2.75 bits per heavy atom. The summed E-state index contributed by atoms with van der Waals surface area (Å²) in [6, 6.07) is 9.35. The molecule has 0 heterocycles. The Labute approximate surface area is 95.8 Å². The highest BCUT2D eigenvalue weighted by Crippen LogP contribution is 1.97. The predicted molar refractivity (Wildman–Crippen MR) is 62.8 cm³/mol. The second-order valence-corrected chi connectivity index (χ2v) is 3.48. The number of esters is 1. The van der Waals surface area contributed by atoms with E-state index >= 15 is 0 Å². The zero-order valence-electron chi connectivity index (χ0n) is 9.48. The summed E-state index contributed by atoms with van der Waals surface area (Å²) < 4.78 is 4.80. The SMILES string of the molecule is CCOC(=O)C(N)CNCc1ccccc1. The molecule has 0 aliphatic carbocycles. The minimum absolute atomic E-state index is 0.358. The lowest BCUT2D eigenvalue weighted by atomic mass is 10.2. The number of nitrogens with two attached hydrogens (primary N) is 1. The number of hydrogen-bond acceptors (Lipinski definition) is 4. The summed E-state index contributed by atoms with van der Waals surface area (Å²) in [6.07, 6.45) is 0. The number of carbonyl (C=O) groups is 1. The molecule has 1 atom stereocenters. The lowest BCUT2D eigenvalue weighted by molar-refractivity contribution is -0.144. The van der Waals surface area contributed by atoms with Gasteiger partial charge in [0, 0.05) is 13.1 Å². The lowest BCUT2D eigenvalue weighted by Gasteiger charge is -2.11. The summed E-state index contributed by atoms with van der Waals surface area (Å²) in [5.41, 5.74) is 6.80. The van der Waals surface area contributed by atoms with E-state index in [1.165, 1.54) is 5.56 Å². The number of carbonyl (C=O) groups excluding carboxylic acids is 1. The second kappa shape index (κ2) is 6.98. The van der Waals surface area contributed by atoms with Gasteiger partial charge in [-0.05, 0) is 12.5 Å². The molecule has 0 aliphatic heterocycles. The van der Waals surface area contributed by atoms with Crippen LogP contribution in [0.5, 0.6) is 0 Å². The molecule has 1 aromatic carbocycles. The van der Waals surface area contributed by atoms with Crippen LogP contribution in [-0.2, 0) is 16.1 Å². The van der Waals surface area contributed by atoms with Gasteiger partial charge in [0.05, 0.1) is 6.61 Å². The molecule has 1 aromatic rings. The molecule has 1 rings (SSSR count). The third kappa shape index (κ3) is 4.42. The highest BCUT2D eigenvalue weighted by atomic mass is 16.5. The number of rotatable bonds is 6. The maximum Gasteiger partial charge on any atom is 0.324 e. The van der Waals surface area contributed by atoms with Gasteiger partial charge in [-0.2, -0.15) is 0 Å². The third-order valence-corrected chi connectivity index (χ3v) is 2.13. The van der Waals surface area contributed by atoms with E-state index in [0.29, 0.717) is 19.7 Å². The fourth-order valence-electron chi connectivity index (χ4n) is 1.30. The van der Waals surface area contributed by atoms with Crippen LogP contribution in [0.2, 0.25) is 0 Å². The van der Waals surface area contributed by atoms with Crippen LogP contribution in [0.3, 0.4) is 0 Å². The molecule has 0 aliphatic rings. The van der Waals surface area contributed by atoms with Gasteiger partial charge in [0.2, 0.25) is 0 Å². The summed E-state index contributed by atoms with van der Waals surface area (Å²) in [4.78, 5) is 11.2. The first kappa shape index (κ1) is 12.7. The molecule has 0 amide bonds. The normalized spacial score (nSPS) is 12.1. The van der Waals surface area contributed by atoms with Gasteiger partial charge in [0.1, 0.15) is 6.04 Å². The Hall–Kier alpha value is -1.39. The van der Waals surface area contributed by atoms with Crippen molar-refractivity contribution in [3.05, 3.63) is 35.9 Å². The Balaban J connectivity index is 2.23. The fourth-order valence-corrected chi connectivity index (χ4v) is 1.30. The van der Waals surface area contributed by atoms with Gasteiger partial charge in [-0.25, -0.2) is 0 Å². The van der Waals surface area contributed by atoms with Crippen LogP contribution in [0.15, 0.2) is 30.3 Å². The first-order valence-corrected chi connectivity index (χ1v) is 5.41. The van der Waals surface area contributed by atoms with Crippen LogP contribution in [0.4, 0.5) is 0 Å². The van der Waals surface area contributed by atoms with E-state index in [1.807, 2.05) is 30.3 Å². The molecule has 3 N–H and O–H groups in total. The summed E-state index contributed by atoms with van der Waals surface area (Å²) >= 11 is 0. The van der Waals surface area contributed by atoms with Gasteiger partial charge in [-0.1, -0.05) is 30.3 Å². The zero-order chi connectivity index (χ0) is 11.8. The summed E-state index contributed by atoms with van der Waals surface area (Å²) in [7, 11) is 0. The first-order chi connectivity index (χ1) is 7.74. The Kier molecular flexibility index (Phi) is 5.53.